The third kappa shape index (κ3) is 0.548. The van der Waals surface area contributed by atoms with Gasteiger partial charge in [-0.15, -0.1) is 0 Å². The van der Waals surface area contributed by atoms with E-state index in [-0.39, 0.29) is 0 Å². The second-order valence-corrected chi connectivity index (χ2v) is 6.06. The average molecular weight is 194 g/mol. The molecule has 0 aromatic heterocycles. The van der Waals surface area contributed by atoms with Crippen LogP contribution >= 0.6 is 0 Å². The second-order valence-electron chi connectivity index (χ2n) is 6.06. The van der Waals surface area contributed by atoms with Crippen molar-refractivity contribution in [3.8, 4) is 0 Å². The third-order valence-electron chi connectivity index (χ3n) is 6.00. The van der Waals surface area contributed by atoms with E-state index in [0.717, 1.165) is 38.5 Å². The summed E-state index contributed by atoms with van der Waals surface area (Å²) in [5, 5.41) is 21.6. The molecule has 4 bridgehead atoms. The van der Waals surface area contributed by atoms with Crippen LogP contribution in [0.1, 0.15) is 38.5 Å². The van der Waals surface area contributed by atoms with Crippen molar-refractivity contribution >= 4 is 0 Å². The average Bonchev–Trinajstić information content (AvgIpc) is 2.86. The molecular weight excluding hydrogens is 176 g/mol. The monoisotopic (exact) mass is 194 g/mol. The van der Waals surface area contributed by atoms with E-state index < -0.39 is 11.2 Å². The van der Waals surface area contributed by atoms with Crippen molar-refractivity contribution in [3.63, 3.8) is 0 Å². The molecule has 0 saturated heterocycles. The van der Waals surface area contributed by atoms with Gasteiger partial charge in [0.25, 0.3) is 0 Å². The van der Waals surface area contributed by atoms with Crippen LogP contribution in [0.3, 0.4) is 0 Å². The lowest BCUT2D eigenvalue weighted by molar-refractivity contribution is -0.208. The molecule has 4 saturated carbocycles. The molecular formula is C12H18O2. The number of aliphatic hydroxyl groups is 2. The van der Waals surface area contributed by atoms with Gasteiger partial charge < -0.3 is 10.2 Å². The summed E-state index contributed by atoms with van der Waals surface area (Å²) in [4.78, 5) is 0. The van der Waals surface area contributed by atoms with Crippen LogP contribution in [0.5, 0.6) is 0 Å². The lowest BCUT2D eigenvalue weighted by atomic mass is 9.64. The van der Waals surface area contributed by atoms with Crippen LogP contribution in [0.25, 0.3) is 0 Å². The summed E-state index contributed by atoms with van der Waals surface area (Å²) in [7, 11) is 0. The van der Waals surface area contributed by atoms with Gasteiger partial charge in [0.2, 0.25) is 0 Å². The summed E-state index contributed by atoms with van der Waals surface area (Å²) in [5.74, 6) is 1.70. The Kier molecular flexibility index (Phi) is 1.19. The Bertz CT molecular complexity index is 249. The molecule has 0 aromatic rings. The van der Waals surface area contributed by atoms with E-state index in [1.54, 1.807) is 0 Å². The fourth-order valence-electron chi connectivity index (χ4n) is 5.54. The molecule has 2 nitrogen and oxygen atoms in total. The maximum absolute atomic E-state index is 10.8. The van der Waals surface area contributed by atoms with Crippen molar-refractivity contribution < 1.29 is 10.2 Å². The van der Waals surface area contributed by atoms with Crippen molar-refractivity contribution in [2.75, 3.05) is 0 Å². The number of hydrogen-bond donors (Lipinski definition) is 2. The molecule has 14 heavy (non-hydrogen) atoms. The lowest BCUT2D eigenvalue weighted by Crippen LogP contribution is -2.61. The Labute approximate surface area is 84.3 Å². The quantitative estimate of drug-likeness (QED) is 0.571. The zero-order chi connectivity index (χ0) is 9.55. The van der Waals surface area contributed by atoms with Gasteiger partial charge in [-0.1, -0.05) is 0 Å². The zero-order valence-electron chi connectivity index (χ0n) is 8.45. The van der Waals surface area contributed by atoms with Gasteiger partial charge in [-0.05, 0) is 62.2 Å². The molecule has 2 heteroatoms. The first kappa shape index (κ1) is 8.12. The summed E-state index contributed by atoms with van der Waals surface area (Å²) >= 11 is 0. The maximum atomic E-state index is 10.8. The highest BCUT2D eigenvalue weighted by molar-refractivity contribution is 5.27. The molecule has 4 atom stereocenters. The lowest BCUT2D eigenvalue weighted by Gasteiger charge is -2.49. The summed E-state index contributed by atoms with van der Waals surface area (Å²) in [6, 6.07) is 0. The smallest absolute Gasteiger partial charge is 0.0994 e. The molecule has 0 heterocycles. The highest BCUT2D eigenvalue weighted by atomic mass is 16.4. The molecule has 78 valence electrons. The third-order valence-corrected chi connectivity index (χ3v) is 6.00. The molecule has 0 radical (unpaired) electrons. The SMILES string of the molecule is OC12C3CCC(C3)C1(O)C1CCC2C1. The minimum Gasteiger partial charge on any atom is -0.386 e. The minimum atomic E-state index is -0.668. The summed E-state index contributed by atoms with van der Waals surface area (Å²) in [6.45, 7) is 0. The number of hydrogen-bond acceptors (Lipinski definition) is 2. The van der Waals surface area contributed by atoms with Crippen molar-refractivity contribution in [1.82, 2.24) is 0 Å². The van der Waals surface area contributed by atoms with Crippen molar-refractivity contribution in [2.45, 2.75) is 49.7 Å². The highest BCUT2D eigenvalue weighted by Gasteiger charge is 2.76. The van der Waals surface area contributed by atoms with Gasteiger partial charge in [-0.25, -0.2) is 0 Å². The molecule has 0 aromatic carbocycles. The van der Waals surface area contributed by atoms with E-state index in [1.807, 2.05) is 0 Å². The van der Waals surface area contributed by atoms with Crippen molar-refractivity contribution in [3.05, 3.63) is 0 Å². The number of rotatable bonds is 0. The first-order valence-electron chi connectivity index (χ1n) is 6.12. The van der Waals surface area contributed by atoms with Gasteiger partial charge in [-0.3, -0.25) is 0 Å². The molecule has 2 N–H and O–H groups in total. The molecule has 4 fully saturated rings. The van der Waals surface area contributed by atoms with Crippen molar-refractivity contribution in [2.24, 2.45) is 23.7 Å². The van der Waals surface area contributed by atoms with E-state index in [9.17, 15) is 10.2 Å². The predicted molar refractivity (Wildman–Crippen MR) is 51.6 cm³/mol. The zero-order valence-corrected chi connectivity index (χ0v) is 8.45. The van der Waals surface area contributed by atoms with Crippen LogP contribution in [0.2, 0.25) is 0 Å². The highest BCUT2D eigenvalue weighted by Crippen LogP contribution is 2.71. The molecule has 4 aliphatic rings. The molecule has 4 unspecified atom stereocenters. The second kappa shape index (κ2) is 2.05. The molecule has 4 rings (SSSR count). The Morgan fingerprint density at radius 1 is 0.643 bits per heavy atom. The van der Waals surface area contributed by atoms with Gasteiger partial charge in [-0.2, -0.15) is 0 Å². The Hall–Kier alpha value is -0.0800. The largest absolute Gasteiger partial charge is 0.386 e. The summed E-state index contributed by atoms with van der Waals surface area (Å²) < 4.78 is 0. The standard InChI is InChI=1S/C12H18O2/c13-11-7-1-2-8(5-7)12(11,14)10-4-3-9(11)6-10/h7-10,13-14H,1-6H2. The summed E-state index contributed by atoms with van der Waals surface area (Å²) in [6.07, 6.45) is 6.83. The van der Waals surface area contributed by atoms with Crippen LogP contribution in [0.4, 0.5) is 0 Å². The summed E-state index contributed by atoms with van der Waals surface area (Å²) in [5.41, 5.74) is -1.34. The van der Waals surface area contributed by atoms with Crippen LogP contribution in [-0.2, 0) is 0 Å². The number of fused-ring (bicyclic) bond motifs is 9. The van der Waals surface area contributed by atoms with Crippen molar-refractivity contribution in [1.29, 1.82) is 0 Å². The fraction of sp³-hybridized carbons (Fsp3) is 1.00. The van der Waals surface area contributed by atoms with Gasteiger partial charge in [0, 0.05) is 0 Å². The van der Waals surface area contributed by atoms with Crippen LogP contribution in [0.15, 0.2) is 0 Å². The molecule has 0 spiro atoms. The maximum Gasteiger partial charge on any atom is 0.0994 e. The van der Waals surface area contributed by atoms with Crippen LogP contribution in [-0.4, -0.2) is 21.4 Å². The normalized spacial score (nSPS) is 69.0. The molecule has 0 amide bonds. The van der Waals surface area contributed by atoms with Gasteiger partial charge in [0.05, 0.1) is 11.2 Å². The first-order valence-corrected chi connectivity index (χ1v) is 6.12. The Balaban J connectivity index is 1.91. The van der Waals surface area contributed by atoms with Crippen LogP contribution < -0.4 is 0 Å². The predicted octanol–water partition coefficient (Wildman–Crippen LogP) is 1.31. The van der Waals surface area contributed by atoms with E-state index in [0.29, 0.717) is 23.7 Å². The van der Waals surface area contributed by atoms with Gasteiger partial charge in [0.1, 0.15) is 0 Å². The molecule has 0 aliphatic heterocycles. The van der Waals surface area contributed by atoms with E-state index in [1.165, 1.54) is 0 Å². The molecule has 4 aliphatic carbocycles. The Morgan fingerprint density at radius 2 is 0.929 bits per heavy atom. The minimum absolute atomic E-state index is 0.424. The van der Waals surface area contributed by atoms with Gasteiger partial charge in [0.15, 0.2) is 0 Å². The topological polar surface area (TPSA) is 40.5 Å². The fourth-order valence-corrected chi connectivity index (χ4v) is 5.54. The van der Waals surface area contributed by atoms with E-state index in [4.69, 9.17) is 0 Å². The van der Waals surface area contributed by atoms with E-state index in [2.05, 4.69) is 0 Å². The van der Waals surface area contributed by atoms with Crippen LogP contribution in [0, 0.1) is 23.7 Å². The Morgan fingerprint density at radius 3 is 1.21 bits per heavy atom. The van der Waals surface area contributed by atoms with Gasteiger partial charge >= 0.3 is 0 Å². The van der Waals surface area contributed by atoms with E-state index >= 15 is 0 Å². The first-order chi connectivity index (χ1) is 6.67.